The van der Waals surface area contributed by atoms with E-state index in [1.54, 1.807) is 19.1 Å². The maximum atomic E-state index is 12.3. The summed E-state index contributed by atoms with van der Waals surface area (Å²) < 4.78 is 21.4. The van der Waals surface area contributed by atoms with E-state index in [0.29, 0.717) is 47.4 Å². The number of rotatable bonds is 9. The molecular weight excluding hydrogens is 386 g/mol. The Morgan fingerprint density at radius 2 is 1.73 bits per heavy atom. The number of nitrogens with one attached hydrogen (secondary N) is 1. The third-order valence-corrected chi connectivity index (χ3v) is 4.60. The van der Waals surface area contributed by atoms with E-state index in [9.17, 15) is 4.79 Å². The zero-order valence-electron chi connectivity index (χ0n) is 17.5. The Kier molecular flexibility index (Phi) is 6.90. The molecule has 0 spiro atoms. The summed E-state index contributed by atoms with van der Waals surface area (Å²) in [5.41, 5.74) is 1.75. The summed E-state index contributed by atoms with van der Waals surface area (Å²) in [6.45, 7) is 1.80. The molecule has 3 aromatic rings. The Bertz CT molecular complexity index is 962. The first-order valence-corrected chi connectivity index (χ1v) is 9.53. The number of ether oxygens (including phenoxy) is 3. The van der Waals surface area contributed by atoms with Crippen molar-refractivity contribution in [3.8, 4) is 28.6 Å². The number of carbonyl (C=O) groups excluding carboxylic acids is 1. The zero-order valence-corrected chi connectivity index (χ0v) is 17.5. The molecule has 30 heavy (non-hydrogen) atoms. The summed E-state index contributed by atoms with van der Waals surface area (Å²) in [5, 5.41) is 6.92. The van der Waals surface area contributed by atoms with Gasteiger partial charge in [-0.05, 0) is 31.0 Å². The minimum atomic E-state index is -0.420. The molecule has 0 aliphatic rings. The first kappa shape index (κ1) is 21.2. The summed E-state index contributed by atoms with van der Waals surface area (Å²) in [6.07, 6.45) is 1.04. The molecule has 1 heterocycles. The molecule has 0 aliphatic carbocycles. The smallest absolute Gasteiger partial charge is 0.249 e. The van der Waals surface area contributed by atoms with Gasteiger partial charge in [-0.1, -0.05) is 35.5 Å². The minimum Gasteiger partial charge on any atom is -0.493 e. The first-order valence-electron chi connectivity index (χ1n) is 9.53. The lowest BCUT2D eigenvalue weighted by molar-refractivity contribution is -0.121. The number of methoxy groups -OCH3 is 3. The molecule has 2 aromatic carbocycles. The molecule has 1 N–H and O–H groups in total. The predicted molar refractivity (Wildman–Crippen MR) is 111 cm³/mol. The highest BCUT2D eigenvalue weighted by molar-refractivity contribution is 5.76. The fraction of sp³-hybridized carbons (Fsp3) is 0.318. The van der Waals surface area contributed by atoms with Gasteiger partial charge in [-0.25, -0.2) is 0 Å². The second kappa shape index (κ2) is 9.78. The Balaban J connectivity index is 1.69. The SMILES string of the molecule is COc1cc(-c2noc([C@H](C)NC(=O)CCc3ccccc3)n2)cc(OC)c1OC. The van der Waals surface area contributed by atoms with Gasteiger partial charge < -0.3 is 24.1 Å². The molecule has 158 valence electrons. The van der Waals surface area contributed by atoms with Gasteiger partial charge in [0.2, 0.25) is 23.4 Å². The molecule has 0 bridgehead atoms. The highest BCUT2D eigenvalue weighted by atomic mass is 16.5. The summed E-state index contributed by atoms with van der Waals surface area (Å²) >= 11 is 0. The lowest BCUT2D eigenvalue weighted by Gasteiger charge is -2.12. The van der Waals surface area contributed by atoms with Crippen LogP contribution in [0, 0.1) is 0 Å². The normalized spacial score (nSPS) is 11.6. The van der Waals surface area contributed by atoms with Crippen molar-refractivity contribution >= 4 is 5.91 Å². The Hall–Kier alpha value is -3.55. The monoisotopic (exact) mass is 411 g/mol. The number of benzene rings is 2. The van der Waals surface area contributed by atoms with E-state index < -0.39 is 6.04 Å². The summed E-state index contributed by atoms with van der Waals surface area (Å²) in [5.74, 6) is 2.03. The van der Waals surface area contributed by atoms with Crippen LogP contribution in [0.2, 0.25) is 0 Å². The average molecular weight is 411 g/mol. The molecule has 1 aromatic heterocycles. The van der Waals surface area contributed by atoms with Crippen LogP contribution in [-0.4, -0.2) is 37.4 Å². The topological polar surface area (TPSA) is 95.7 Å². The maximum Gasteiger partial charge on any atom is 0.249 e. The molecule has 0 radical (unpaired) electrons. The van der Waals surface area contributed by atoms with Crippen LogP contribution in [0.4, 0.5) is 0 Å². The van der Waals surface area contributed by atoms with E-state index in [1.807, 2.05) is 30.3 Å². The van der Waals surface area contributed by atoms with Crippen molar-refractivity contribution in [2.75, 3.05) is 21.3 Å². The van der Waals surface area contributed by atoms with Crippen LogP contribution < -0.4 is 19.5 Å². The summed E-state index contributed by atoms with van der Waals surface area (Å²) in [7, 11) is 4.61. The van der Waals surface area contributed by atoms with Crippen LogP contribution in [-0.2, 0) is 11.2 Å². The molecule has 1 atom stereocenters. The number of amides is 1. The molecule has 8 nitrogen and oxygen atoms in total. The maximum absolute atomic E-state index is 12.3. The third kappa shape index (κ3) is 4.89. The van der Waals surface area contributed by atoms with Crippen LogP contribution in [0.3, 0.4) is 0 Å². The van der Waals surface area contributed by atoms with E-state index in [4.69, 9.17) is 18.7 Å². The molecule has 0 fully saturated rings. The Morgan fingerprint density at radius 1 is 1.07 bits per heavy atom. The standard InChI is InChI=1S/C22H25N3O5/c1-14(23-19(26)11-10-15-8-6-5-7-9-15)22-24-21(25-30-22)16-12-17(27-2)20(29-4)18(13-16)28-3/h5-9,12-14H,10-11H2,1-4H3,(H,23,26)/t14-/m0/s1. The number of carbonyl (C=O) groups is 1. The first-order chi connectivity index (χ1) is 14.5. The van der Waals surface area contributed by atoms with Crippen LogP contribution in [0.15, 0.2) is 47.0 Å². The highest BCUT2D eigenvalue weighted by Gasteiger charge is 2.20. The molecule has 0 aliphatic heterocycles. The lowest BCUT2D eigenvalue weighted by Crippen LogP contribution is -2.27. The van der Waals surface area contributed by atoms with Gasteiger partial charge >= 0.3 is 0 Å². The fourth-order valence-corrected chi connectivity index (χ4v) is 3.02. The van der Waals surface area contributed by atoms with Crippen LogP contribution in [0.1, 0.15) is 30.8 Å². The largest absolute Gasteiger partial charge is 0.493 e. The van der Waals surface area contributed by atoms with E-state index in [1.165, 1.54) is 21.3 Å². The van der Waals surface area contributed by atoms with Crippen LogP contribution in [0.25, 0.3) is 11.4 Å². The van der Waals surface area contributed by atoms with E-state index in [0.717, 1.165) is 5.56 Å². The van der Waals surface area contributed by atoms with Gasteiger partial charge in [0.1, 0.15) is 6.04 Å². The predicted octanol–water partition coefficient (Wildman–Crippen LogP) is 3.57. The van der Waals surface area contributed by atoms with Crippen molar-refractivity contribution in [1.82, 2.24) is 15.5 Å². The molecular formula is C22H25N3O5. The lowest BCUT2D eigenvalue weighted by atomic mass is 10.1. The molecule has 0 unspecified atom stereocenters. The van der Waals surface area contributed by atoms with Crippen molar-refractivity contribution in [2.24, 2.45) is 0 Å². The minimum absolute atomic E-state index is 0.0844. The second-order valence-electron chi connectivity index (χ2n) is 6.65. The average Bonchev–Trinajstić information content (AvgIpc) is 3.28. The molecule has 8 heteroatoms. The second-order valence-corrected chi connectivity index (χ2v) is 6.65. The number of aryl methyl sites for hydroxylation is 1. The number of nitrogens with zero attached hydrogens (tertiary/aromatic N) is 2. The van der Waals surface area contributed by atoms with Gasteiger partial charge in [0.25, 0.3) is 0 Å². The zero-order chi connectivity index (χ0) is 21.5. The molecule has 0 saturated heterocycles. The molecule has 1 amide bonds. The number of aromatic nitrogens is 2. The Labute approximate surface area is 175 Å². The quantitative estimate of drug-likeness (QED) is 0.575. The number of hydrogen-bond donors (Lipinski definition) is 1. The van der Waals surface area contributed by atoms with Gasteiger partial charge in [0.05, 0.1) is 21.3 Å². The summed E-state index contributed by atoms with van der Waals surface area (Å²) in [4.78, 5) is 16.7. The third-order valence-electron chi connectivity index (χ3n) is 4.60. The van der Waals surface area contributed by atoms with Crippen LogP contribution in [0.5, 0.6) is 17.2 Å². The fourth-order valence-electron chi connectivity index (χ4n) is 3.02. The summed E-state index contributed by atoms with van der Waals surface area (Å²) in [6, 6.07) is 12.9. The van der Waals surface area contributed by atoms with E-state index in [2.05, 4.69) is 15.5 Å². The van der Waals surface area contributed by atoms with Crippen molar-refractivity contribution in [3.05, 3.63) is 53.9 Å². The Morgan fingerprint density at radius 3 is 2.33 bits per heavy atom. The van der Waals surface area contributed by atoms with Gasteiger partial charge in [-0.2, -0.15) is 4.98 Å². The molecule has 0 saturated carbocycles. The van der Waals surface area contributed by atoms with Crippen molar-refractivity contribution in [2.45, 2.75) is 25.8 Å². The van der Waals surface area contributed by atoms with Crippen LogP contribution >= 0.6 is 0 Å². The molecule has 3 rings (SSSR count). The van der Waals surface area contributed by atoms with E-state index in [-0.39, 0.29) is 5.91 Å². The number of hydrogen-bond acceptors (Lipinski definition) is 7. The van der Waals surface area contributed by atoms with Gasteiger partial charge in [-0.3, -0.25) is 4.79 Å². The highest BCUT2D eigenvalue weighted by Crippen LogP contribution is 2.40. The van der Waals surface area contributed by atoms with Gasteiger partial charge in [0.15, 0.2) is 11.5 Å². The van der Waals surface area contributed by atoms with E-state index >= 15 is 0 Å². The van der Waals surface area contributed by atoms with Crippen molar-refractivity contribution < 1.29 is 23.5 Å². The van der Waals surface area contributed by atoms with Crippen molar-refractivity contribution in [3.63, 3.8) is 0 Å². The van der Waals surface area contributed by atoms with Gasteiger partial charge in [-0.15, -0.1) is 0 Å². The van der Waals surface area contributed by atoms with Crippen molar-refractivity contribution in [1.29, 1.82) is 0 Å². The van der Waals surface area contributed by atoms with Gasteiger partial charge in [0, 0.05) is 12.0 Å².